The molecule has 3 rings (SSSR count). The molecule has 1 aliphatic carbocycles. The monoisotopic (exact) mass is 337 g/mol. The molecule has 8 heteroatoms. The van der Waals surface area contributed by atoms with Crippen molar-refractivity contribution in [3.63, 3.8) is 0 Å². The van der Waals surface area contributed by atoms with Crippen molar-refractivity contribution in [2.24, 2.45) is 0 Å². The van der Waals surface area contributed by atoms with Crippen molar-refractivity contribution in [1.82, 2.24) is 15.5 Å². The highest BCUT2D eigenvalue weighted by atomic mass is 19.3. The van der Waals surface area contributed by atoms with Gasteiger partial charge >= 0.3 is 0 Å². The molecule has 1 fully saturated rings. The van der Waals surface area contributed by atoms with Gasteiger partial charge in [0.05, 0.1) is 12.8 Å². The van der Waals surface area contributed by atoms with E-state index >= 15 is 0 Å². The number of furan rings is 1. The van der Waals surface area contributed by atoms with Crippen molar-refractivity contribution < 1.29 is 22.5 Å². The highest BCUT2D eigenvalue weighted by molar-refractivity contribution is 5.91. The summed E-state index contributed by atoms with van der Waals surface area (Å²) in [4.78, 5) is 15.9. The van der Waals surface area contributed by atoms with E-state index in [0.29, 0.717) is 24.4 Å². The van der Waals surface area contributed by atoms with E-state index in [4.69, 9.17) is 8.94 Å². The van der Waals surface area contributed by atoms with Crippen LogP contribution in [-0.2, 0) is 11.3 Å². The number of halogens is 2. The Labute approximate surface area is 136 Å². The number of amides is 1. The predicted molar refractivity (Wildman–Crippen MR) is 80.0 cm³/mol. The third kappa shape index (κ3) is 4.27. The first-order valence-corrected chi connectivity index (χ1v) is 7.71. The molecule has 2 aromatic rings. The van der Waals surface area contributed by atoms with Crippen molar-refractivity contribution in [3.05, 3.63) is 41.9 Å². The number of nitrogens with zero attached hydrogens (tertiary/aromatic N) is 2. The predicted octanol–water partition coefficient (Wildman–Crippen LogP) is 3.29. The lowest BCUT2D eigenvalue weighted by atomic mass is 9.86. The van der Waals surface area contributed by atoms with E-state index in [2.05, 4.69) is 15.5 Å². The van der Waals surface area contributed by atoms with Crippen LogP contribution in [0.5, 0.6) is 0 Å². The van der Waals surface area contributed by atoms with E-state index in [9.17, 15) is 13.6 Å². The average Bonchev–Trinajstić information content (AvgIpc) is 3.22. The lowest BCUT2D eigenvalue weighted by Gasteiger charge is -2.26. The van der Waals surface area contributed by atoms with Gasteiger partial charge in [-0.1, -0.05) is 5.16 Å². The number of hydrogen-bond acceptors (Lipinski definition) is 5. The van der Waals surface area contributed by atoms with Gasteiger partial charge in [-0.15, -0.1) is 0 Å². The van der Waals surface area contributed by atoms with E-state index in [1.54, 1.807) is 12.1 Å². The van der Waals surface area contributed by atoms with Crippen LogP contribution >= 0.6 is 0 Å². The molecule has 0 radical (unpaired) electrons. The quantitative estimate of drug-likeness (QED) is 0.847. The van der Waals surface area contributed by atoms with Crippen LogP contribution in [0.1, 0.15) is 49.1 Å². The first-order valence-electron chi connectivity index (χ1n) is 7.71. The first-order chi connectivity index (χ1) is 11.5. The lowest BCUT2D eigenvalue weighted by molar-refractivity contribution is -0.116. The van der Waals surface area contributed by atoms with Crippen LogP contribution in [0.25, 0.3) is 6.08 Å². The van der Waals surface area contributed by atoms with Crippen LogP contribution in [-0.4, -0.2) is 22.0 Å². The van der Waals surface area contributed by atoms with E-state index in [-0.39, 0.29) is 37.1 Å². The second-order valence-electron chi connectivity index (χ2n) is 5.74. The Hall–Kier alpha value is -2.51. The Morgan fingerprint density at radius 3 is 2.92 bits per heavy atom. The summed E-state index contributed by atoms with van der Waals surface area (Å²) in [5.74, 6) is -1.78. The molecule has 6 nitrogen and oxygen atoms in total. The van der Waals surface area contributed by atoms with Gasteiger partial charge in [-0.2, -0.15) is 4.98 Å². The molecule has 1 saturated carbocycles. The lowest BCUT2D eigenvalue weighted by Crippen LogP contribution is -2.24. The summed E-state index contributed by atoms with van der Waals surface area (Å²) in [6, 6.07) is 3.44. The second kappa shape index (κ2) is 6.94. The minimum atomic E-state index is -2.59. The minimum Gasteiger partial charge on any atom is -0.465 e. The SMILES string of the molecule is O=C(/C=C/c1ccco1)NCc1nc(C2CCC(F)(F)CC2)no1. The van der Waals surface area contributed by atoms with Crippen LogP contribution in [0, 0.1) is 0 Å². The number of carbonyl (C=O) groups excluding carboxylic acids is 1. The van der Waals surface area contributed by atoms with Crippen molar-refractivity contribution in [2.75, 3.05) is 0 Å². The van der Waals surface area contributed by atoms with Crippen LogP contribution in [0.4, 0.5) is 8.78 Å². The third-order valence-electron chi connectivity index (χ3n) is 3.92. The second-order valence-corrected chi connectivity index (χ2v) is 5.74. The molecular formula is C16H17F2N3O3. The van der Waals surface area contributed by atoms with Crippen molar-refractivity contribution in [3.8, 4) is 0 Å². The van der Waals surface area contributed by atoms with Crippen molar-refractivity contribution in [2.45, 2.75) is 44.1 Å². The van der Waals surface area contributed by atoms with E-state index in [1.165, 1.54) is 18.4 Å². The molecule has 1 aliphatic rings. The molecule has 1 amide bonds. The fourth-order valence-electron chi connectivity index (χ4n) is 2.57. The molecule has 1 N–H and O–H groups in total. The van der Waals surface area contributed by atoms with Crippen LogP contribution in [0.15, 0.2) is 33.4 Å². The molecule has 0 unspecified atom stereocenters. The van der Waals surface area contributed by atoms with Crippen molar-refractivity contribution in [1.29, 1.82) is 0 Å². The minimum absolute atomic E-state index is 0.0806. The largest absolute Gasteiger partial charge is 0.465 e. The number of carbonyl (C=O) groups is 1. The number of nitrogens with one attached hydrogen (secondary N) is 1. The van der Waals surface area contributed by atoms with Gasteiger partial charge in [-0.3, -0.25) is 4.79 Å². The number of rotatable bonds is 5. The molecule has 24 heavy (non-hydrogen) atoms. The standard InChI is InChI=1S/C16H17F2N3O3/c17-16(18)7-5-11(6-8-16)15-20-14(24-21-15)10-19-13(22)4-3-12-2-1-9-23-12/h1-4,9,11H,5-8,10H2,(H,19,22)/b4-3+. The van der Waals surface area contributed by atoms with Crippen molar-refractivity contribution >= 4 is 12.0 Å². The molecule has 128 valence electrons. The molecule has 2 heterocycles. The zero-order valence-electron chi connectivity index (χ0n) is 12.9. The number of alkyl halides is 2. The van der Waals surface area contributed by atoms with Gasteiger partial charge in [0.25, 0.3) is 0 Å². The molecule has 0 saturated heterocycles. The molecular weight excluding hydrogens is 320 g/mol. The smallest absolute Gasteiger partial charge is 0.248 e. The first kappa shape index (κ1) is 16.4. The Morgan fingerprint density at radius 2 is 2.21 bits per heavy atom. The van der Waals surface area contributed by atoms with E-state index in [1.807, 2.05) is 0 Å². The zero-order valence-corrected chi connectivity index (χ0v) is 12.9. The summed E-state index contributed by atoms with van der Waals surface area (Å²) in [6.07, 6.45) is 4.74. The maximum atomic E-state index is 13.2. The summed E-state index contributed by atoms with van der Waals surface area (Å²) in [6.45, 7) is 0.0806. The topological polar surface area (TPSA) is 81.2 Å². The Kier molecular flexibility index (Phi) is 4.73. The molecule has 0 atom stereocenters. The highest BCUT2D eigenvalue weighted by Crippen LogP contribution is 2.39. The van der Waals surface area contributed by atoms with Gasteiger partial charge in [-0.05, 0) is 31.1 Å². The Morgan fingerprint density at radius 1 is 1.42 bits per heavy atom. The van der Waals surface area contributed by atoms with Gasteiger partial charge in [0, 0.05) is 24.8 Å². The molecule has 0 spiro atoms. The van der Waals surface area contributed by atoms with Gasteiger partial charge in [-0.25, -0.2) is 8.78 Å². The molecule has 0 bridgehead atoms. The number of aromatic nitrogens is 2. The van der Waals surface area contributed by atoms with Gasteiger partial charge in [0.2, 0.25) is 17.7 Å². The van der Waals surface area contributed by atoms with Gasteiger partial charge in [0.1, 0.15) is 5.76 Å². The van der Waals surface area contributed by atoms with E-state index in [0.717, 1.165) is 0 Å². The molecule has 2 aromatic heterocycles. The highest BCUT2D eigenvalue weighted by Gasteiger charge is 2.36. The van der Waals surface area contributed by atoms with Crippen LogP contribution in [0.3, 0.4) is 0 Å². The van der Waals surface area contributed by atoms with E-state index < -0.39 is 5.92 Å². The van der Waals surface area contributed by atoms with Gasteiger partial charge < -0.3 is 14.3 Å². The molecule has 0 aromatic carbocycles. The fraction of sp³-hybridized carbons (Fsp3) is 0.438. The summed E-state index contributed by atoms with van der Waals surface area (Å²) < 4.78 is 36.5. The number of hydrogen-bond donors (Lipinski definition) is 1. The maximum Gasteiger partial charge on any atom is 0.248 e. The Balaban J connectivity index is 1.48. The van der Waals surface area contributed by atoms with Crippen LogP contribution < -0.4 is 5.32 Å². The normalized spacial score (nSPS) is 18.1. The zero-order chi connectivity index (χ0) is 17.0. The Bertz CT molecular complexity index is 700. The summed E-state index contributed by atoms with van der Waals surface area (Å²) in [5, 5.41) is 6.44. The third-order valence-corrected chi connectivity index (χ3v) is 3.92. The fourth-order valence-corrected chi connectivity index (χ4v) is 2.57. The summed E-state index contributed by atoms with van der Waals surface area (Å²) in [7, 11) is 0. The van der Waals surface area contributed by atoms with Gasteiger partial charge in [0.15, 0.2) is 5.82 Å². The summed E-state index contributed by atoms with van der Waals surface area (Å²) in [5.41, 5.74) is 0. The summed E-state index contributed by atoms with van der Waals surface area (Å²) >= 11 is 0. The maximum absolute atomic E-state index is 13.2. The van der Waals surface area contributed by atoms with Crippen LogP contribution in [0.2, 0.25) is 0 Å². The average molecular weight is 337 g/mol. The molecule has 0 aliphatic heterocycles.